The fraction of sp³-hybridized carbons (Fsp3) is 0.429. The van der Waals surface area contributed by atoms with Gasteiger partial charge in [-0.15, -0.1) is 0 Å². The molecular formula is C14H18N2O. The molecule has 1 N–H and O–H groups in total. The second kappa shape index (κ2) is 5.49. The molecule has 0 saturated carbocycles. The van der Waals surface area contributed by atoms with Gasteiger partial charge in [0.15, 0.2) is 0 Å². The Bertz CT molecular complexity index is 438. The number of benzene rings is 1. The number of nitriles is 1. The van der Waals surface area contributed by atoms with Crippen LogP contribution in [0.4, 0.5) is 0 Å². The molecule has 0 radical (unpaired) electrons. The van der Waals surface area contributed by atoms with E-state index in [4.69, 9.17) is 5.26 Å². The van der Waals surface area contributed by atoms with Crippen LogP contribution in [0.2, 0.25) is 0 Å². The van der Waals surface area contributed by atoms with Crippen molar-refractivity contribution in [2.24, 2.45) is 5.92 Å². The largest absolute Gasteiger partial charge is 0.336 e. The highest BCUT2D eigenvalue weighted by Crippen LogP contribution is 2.13. The zero-order valence-electron chi connectivity index (χ0n) is 10.7. The van der Waals surface area contributed by atoms with Crippen molar-refractivity contribution in [3.8, 4) is 6.07 Å². The quantitative estimate of drug-likeness (QED) is 0.867. The fourth-order valence-corrected chi connectivity index (χ4v) is 1.73. The summed E-state index contributed by atoms with van der Waals surface area (Å²) in [6.45, 7) is 7.63. The van der Waals surface area contributed by atoms with Crippen molar-refractivity contribution in [3.05, 3.63) is 34.9 Å². The lowest BCUT2D eigenvalue weighted by Gasteiger charge is -2.16. The van der Waals surface area contributed by atoms with Gasteiger partial charge < -0.3 is 5.32 Å². The lowest BCUT2D eigenvalue weighted by atomic mass is 10.0. The Kier molecular flexibility index (Phi) is 4.28. The molecule has 0 aliphatic heterocycles. The number of aryl methyl sites for hydroxylation is 2. The van der Waals surface area contributed by atoms with E-state index in [1.54, 1.807) is 0 Å². The molecule has 0 spiro atoms. The van der Waals surface area contributed by atoms with Crippen LogP contribution in [0.15, 0.2) is 18.2 Å². The number of hydrogen-bond donors (Lipinski definition) is 1. The van der Waals surface area contributed by atoms with Gasteiger partial charge >= 0.3 is 0 Å². The average molecular weight is 230 g/mol. The molecule has 3 heteroatoms. The molecule has 0 aromatic heterocycles. The molecule has 1 unspecified atom stereocenters. The summed E-state index contributed by atoms with van der Waals surface area (Å²) in [7, 11) is 0. The van der Waals surface area contributed by atoms with Gasteiger partial charge in [0.1, 0.15) is 6.04 Å². The zero-order valence-corrected chi connectivity index (χ0v) is 10.7. The Labute approximate surface area is 102 Å². The van der Waals surface area contributed by atoms with Crippen LogP contribution in [0.3, 0.4) is 0 Å². The van der Waals surface area contributed by atoms with Crippen molar-refractivity contribution in [3.63, 3.8) is 0 Å². The van der Waals surface area contributed by atoms with E-state index in [2.05, 4.69) is 11.4 Å². The van der Waals surface area contributed by atoms with Gasteiger partial charge in [0.2, 0.25) is 0 Å². The highest BCUT2D eigenvalue weighted by molar-refractivity contribution is 5.97. The van der Waals surface area contributed by atoms with Gasteiger partial charge in [-0.3, -0.25) is 4.79 Å². The predicted octanol–water partition coefficient (Wildman–Crippen LogP) is 2.58. The minimum absolute atomic E-state index is 0.105. The summed E-state index contributed by atoms with van der Waals surface area (Å²) in [5.41, 5.74) is 2.54. The third-order valence-electron chi connectivity index (χ3n) is 2.80. The van der Waals surface area contributed by atoms with E-state index in [9.17, 15) is 4.79 Å². The molecule has 17 heavy (non-hydrogen) atoms. The summed E-state index contributed by atoms with van der Waals surface area (Å²) in [5.74, 6) is -0.0610. The Morgan fingerprint density at radius 1 is 1.29 bits per heavy atom. The van der Waals surface area contributed by atoms with E-state index in [0.29, 0.717) is 5.56 Å². The third-order valence-corrected chi connectivity index (χ3v) is 2.80. The number of amides is 1. The summed E-state index contributed by atoms with van der Waals surface area (Å²) >= 11 is 0. The Morgan fingerprint density at radius 3 is 2.24 bits per heavy atom. The molecule has 3 nitrogen and oxygen atoms in total. The Balaban J connectivity index is 2.95. The van der Waals surface area contributed by atoms with Crippen molar-refractivity contribution in [2.75, 3.05) is 0 Å². The lowest BCUT2D eigenvalue weighted by Crippen LogP contribution is -2.38. The molecule has 1 amide bonds. The molecule has 1 aromatic rings. The molecule has 0 heterocycles. The molecular weight excluding hydrogens is 212 g/mol. The van der Waals surface area contributed by atoms with Crippen LogP contribution < -0.4 is 5.32 Å². The molecule has 0 aliphatic rings. The standard InChI is InChI=1S/C14H18N2O/c1-9(2)12(8-15)16-14(17)13-10(3)6-5-7-11(13)4/h5-7,9,12H,1-4H3,(H,16,17). The summed E-state index contributed by atoms with van der Waals surface area (Å²) in [4.78, 5) is 12.1. The number of rotatable bonds is 3. The van der Waals surface area contributed by atoms with Gasteiger partial charge in [0.05, 0.1) is 6.07 Å². The van der Waals surface area contributed by atoms with Crippen molar-refractivity contribution in [1.29, 1.82) is 5.26 Å². The number of hydrogen-bond acceptors (Lipinski definition) is 2. The fourth-order valence-electron chi connectivity index (χ4n) is 1.73. The monoisotopic (exact) mass is 230 g/mol. The summed E-state index contributed by atoms with van der Waals surface area (Å²) < 4.78 is 0. The van der Waals surface area contributed by atoms with Gasteiger partial charge in [-0.25, -0.2) is 0 Å². The predicted molar refractivity (Wildman–Crippen MR) is 67.6 cm³/mol. The molecule has 0 saturated heterocycles. The van der Waals surface area contributed by atoms with Crippen molar-refractivity contribution in [1.82, 2.24) is 5.32 Å². The first-order valence-corrected chi connectivity index (χ1v) is 5.74. The first kappa shape index (κ1) is 13.2. The Morgan fingerprint density at radius 2 is 1.82 bits per heavy atom. The van der Waals surface area contributed by atoms with Crippen molar-refractivity contribution in [2.45, 2.75) is 33.7 Å². The van der Waals surface area contributed by atoms with Gasteiger partial charge in [-0.05, 0) is 30.9 Å². The van der Waals surface area contributed by atoms with Crippen LogP contribution >= 0.6 is 0 Å². The molecule has 0 aliphatic carbocycles. The molecule has 1 rings (SSSR count). The van der Waals surface area contributed by atoms with E-state index in [-0.39, 0.29) is 11.8 Å². The maximum absolute atomic E-state index is 12.1. The molecule has 0 bridgehead atoms. The lowest BCUT2D eigenvalue weighted by molar-refractivity contribution is 0.0936. The molecule has 1 aromatic carbocycles. The maximum atomic E-state index is 12.1. The van der Waals surface area contributed by atoms with Crippen molar-refractivity contribution >= 4 is 5.91 Å². The first-order chi connectivity index (χ1) is 7.97. The number of carbonyl (C=O) groups is 1. The highest BCUT2D eigenvalue weighted by Gasteiger charge is 2.18. The van der Waals surface area contributed by atoms with Crippen LogP contribution in [0.5, 0.6) is 0 Å². The second-order valence-corrected chi connectivity index (χ2v) is 4.59. The number of nitrogens with one attached hydrogen (secondary N) is 1. The first-order valence-electron chi connectivity index (χ1n) is 5.74. The minimum atomic E-state index is -0.443. The van der Waals surface area contributed by atoms with Crippen LogP contribution in [-0.4, -0.2) is 11.9 Å². The maximum Gasteiger partial charge on any atom is 0.252 e. The topological polar surface area (TPSA) is 52.9 Å². The Hall–Kier alpha value is -1.82. The molecule has 90 valence electrons. The second-order valence-electron chi connectivity index (χ2n) is 4.59. The third kappa shape index (κ3) is 3.07. The van der Waals surface area contributed by atoms with E-state index in [1.165, 1.54) is 0 Å². The van der Waals surface area contributed by atoms with E-state index >= 15 is 0 Å². The summed E-state index contributed by atoms with van der Waals surface area (Å²) in [6, 6.07) is 7.39. The van der Waals surface area contributed by atoms with Gasteiger partial charge in [0, 0.05) is 5.56 Å². The summed E-state index contributed by atoms with van der Waals surface area (Å²) in [5, 5.41) is 11.7. The summed E-state index contributed by atoms with van der Waals surface area (Å²) in [6.07, 6.45) is 0. The smallest absolute Gasteiger partial charge is 0.252 e. The van der Waals surface area contributed by atoms with E-state index in [0.717, 1.165) is 11.1 Å². The minimum Gasteiger partial charge on any atom is -0.336 e. The van der Waals surface area contributed by atoms with Gasteiger partial charge in [0.25, 0.3) is 5.91 Å². The number of carbonyl (C=O) groups excluding carboxylic acids is 1. The van der Waals surface area contributed by atoms with Crippen LogP contribution in [0.25, 0.3) is 0 Å². The zero-order chi connectivity index (χ0) is 13.0. The van der Waals surface area contributed by atoms with E-state index in [1.807, 2.05) is 45.9 Å². The highest BCUT2D eigenvalue weighted by atomic mass is 16.1. The normalized spacial score (nSPS) is 12.0. The molecule has 0 fully saturated rings. The SMILES string of the molecule is Cc1cccc(C)c1C(=O)NC(C#N)C(C)C. The van der Waals surface area contributed by atoms with E-state index < -0.39 is 6.04 Å². The molecule has 1 atom stereocenters. The number of nitrogens with zero attached hydrogens (tertiary/aromatic N) is 1. The average Bonchev–Trinajstić information content (AvgIpc) is 2.25. The van der Waals surface area contributed by atoms with Crippen LogP contribution in [-0.2, 0) is 0 Å². The van der Waals surface area contributed by atoms with Gasteiger partial charge in [-0.1, -0.05) is 32.0 Å². The van der Waals surface area contributed by atoms with Gasteiger partial charge in [-0.2, -0.15) is 5.26 Å². The van der Waals surface area contributed by atoms with Crippen molar-refractivity contribution < 1.29 is 4.79 Å². The van der Waals surface area contributed by atoms with Crippen LogP contribution in [0, 0.1) is 31.1 Å². The van der Waals surface area contributed by atoms with Crippen LogP contribution in [0.1, 0.15) is 35.3 Å².